The smallest absolute Gasteiger partial charge is 0.255 e. The maximum atomic E-state index is 12.4. The van der Waals surface area contributed by atoms with E-state index >= 15 is 0 Å². The number of hydrogen-bond acceptors (Lipinski definition) is 4. The van der Waals surface area contributed by atoms with E-state index in [2.05, 4.69) is 10.2 Å². The van der Waals surface area contributed by atoms with Crippen LogP contribution in [0.5, 0.6) is 0 Å². The number of amides is 2. The third kappa shape index (κ3) is 3.52. The second-order valence-corrected chi connectivity index (χ2v) is 8.23. The zero-order valence-corrected chi connectivity index (χ0v) is 15.6. The lowest BCUT2D eigenvalue weighted by Gasteiger charge is -2.33. The minimum Gasteiger partial charge on any atom is -0.469 e. The molecule has 1 aliphatic carbocycles. The fraction of sp³-hybridized carbons (Fsp3) is 0.700. The minimum absolute atomic E-state index is 0.0195. The van der Waals surface area contributed by atoms with Crippen LogP contribution >= 0.6 is 0 Å². The number of nitrogens with one attached hydrogen (secondary N) is 1. The first kappa shape index (κ1) is 17.6. The van der Waals surface area contributed by atoms with Crippen LogP contribution < -0.4 is 5.32 Å². The molecule has 2 amide bonds. The van der Waals surface area contributed by atoms with Crippen LogP contribution in [0.1, 0.15) is 48.2 Å². The van der Waals surface area contributed by atoms with Crippen molar-refractivity contribution < 1.29 is 14.0 Å². The number of likely N-dealkylation sites (tertiary alicyclic amines) is 2. The van der Waals surface area contributed by atoms with Crippen molar-refractivity contribution in [1.82, 2.24) is 15.1 Å². The summed E-state index contributed by atoms with van der Waals surface area (Å²) < 4.78 is 5.14. The summed E-state index contributed by atoms with van der Waals surface area (Å²) in [6.07, 6.45) is 7.77. The molecule has 1 spiro atoms. The predicted octanol–water partition coefficient (Wildman–Crippen LogP) is 2.04. The molecule has 6 heteroatoms. The summed E-state index contributed by atoms with van der Waals surface area (Å²) in [6.45, 7) is 7.27. The molecule has 3 fully saturated rings. The van der Waals surface area contributed by atoms with E-state index in [1.54, 1.807) is 13.0 Å². The van der Waals surface area contributed by atoms with Crippen molar-refractivity contribution in [2.24, 2.45) is 11.3 Å². The number of hydrogen-bond donors (Lipinski definition) is 1. The van der Waals surface area contributed by atoms with Gasteiger partial charge in [0, 0.05) is 19.6 Å². The summed E-state index contributed by atoms with van der Waals surface area (Å²) in [7, 11) is 0. The summed E-state index contributed by atoms with van der Waals surface area (Å²) >= 11 is 0. The summed E-state index contributed by atoms with van der Waals surface area (Å²) in [6, 6.07) is 1.63. The maximum absolute atomic E-state index is 12.4. The van der Waals surface area contributed by atoms with Crippen molar-refractivity contribution in [3.63, 3.8) is 0 Å². The van der Waals surface area contributed by atoms with Gasteiger partial charge in [-0.05, 0) is 69.5 Å². The van der Waals surface area contributed by atoms with Crippen LogP contribution in [0.4, 0.5) is 0 Å². The Kier molecular flexibility index (Phi) is 4.78. The molecule has 2 saturated heterocycles. The Bertz CT molecular complexity index is 670. The van der Waals surface area contributed by atoms with Gasteiger partial charge in [-0.1, -0.05) is 0 Å². The standard InChI is InChI=1S/C20H29N3O3/c1-15-17(4-11-26-15)19(25)21-13-18(24)23-9-5-20(6-10-23)12-16(20)14-22-7-2-3-8-22/h4,11,16H,2-3,5-10,12-14H2,1H3,(H,21,25)/t16-/m0/s1. The Morgan fingerprint density at radius 2 is 1.96 bits per heavy atom. The highest BCUT2D eigenvalue weighted by atomic mass is 16.3. The summed E-state index contributed by atoms with van der Waals surface area (Å²) in [5, 5.41) is 2.72. The van der Waals surface area contributed by atoms with Crippen LogP contribution in [0.3, 0.4) is 0 Å². The van der Waals surface area contributed by atoms with Crippen molar-refractivity contribution in [2.75, 3.05) is 39.3 Å². The van der Waals surface area contributed by atoms with E-state index in [0.29, 0.717) is 16.7 Å². The second kappa shape index (κ2) is 7.06. The Morgan fingerprint density at radius 1 is 1.23 bits per heavy atom. The van der Waals surface area contributed by atoms with Crippen LogP contribution in [0, 0.1) is 18.3 Å². The molecule has 0 bridgehead atoms. The van der Waals surface area contributed by atoms with Gasteiger partial charge >= 0.3 is 0 Å². The van der Waals surface area contributed by atoms with Gasteiger partial charge in [0.25, 0.3) is 5.91 Å². The number of nitrogens with zero attached hydrogens (tertiary/aromatic N) is 2. The van der Waals surface area contributed by atoms with Gasteiger partial charge in [0.05, 0.1) is 18.4 Å². The molecule has 142 valence electrons. The molecule has 0 aromatic carbocycles. The van der Waals surface area contributed by atoms with E-state index in [-0.39, 0.29) is 18.4 Å². The highest BCUT2D eigenvalue weighted by Crippen LogP contribution is 2.59. The first-order valence-corrected chi connectivity index (χ1v) is 9.90. The van der Waals surface area contributed by atoms with E-state index in [4.69, 9.17) is 4.42 Å². The number of furan rings is 1. The normalized spacial score (nSPS) is 24.8. The molecule has 3 aliphatic rings. The van der Waals surface area contributed by atoms with Crippen LogP contribution in [-0.2, 0) is 4.79 Å². The molecule has 2 aliphatic heterocycles. The first-order valence-electron chi connectivity index (χ1n) is 9.90. The molecule has 0 radical (unpaired) electrons. The lowest BCUT2D eigenvalue weighted by molar-refractivity contribution is -0.131. The summed E-state index contributed by atoms with van der Waals surface area (Å²) in [4.78, 5) is 29.0. The molecule has 1 atom stereocenters. The maximum Gasteiger partial charge on any atom is 0.255 e. The van der Waals surface area contributed by atoms with E-state index in [1.807, 2.05) is 4.90 Å². The van der Waals surface area contributed by atoms with Crippen molar-refractivity contribution in [1.29, 1.82) is 0 Å². The van der Waals surface area contributed by atoms with Gasteiger partial charge in [0.15, 0.2) is 0 Å². The number of rotatable bonds is 5. The van der Waals surface area contributed by atoms with Crippen LogP contribution in [-0.4, -0.2) is 60.9 Å². The van der Waals surface area contributed by atoms with E-state index in [0.717, 1.165) is 31.8 Å². The number of aryl methyl sites for hydroxylation is 1. The molecular weight excluding hydrogens is 330 g/mol. The molecule has 1 aromatic heterocycles. The van der Waals surface area contributed by atoms with Crippen molar-refractivity contribution in [3.05, 3.63) is 23.7 Å². The third-order valence-electron chi connectivity index (χ3n) is 6.65. The molecule has 0 unspecified atom stereocenters. The minimum atomic E-state index is -0.244. The second-order valence-electron chi connectivity index (χ2n) is 8.23. The monoisotopic (exact) mass is 359 g/mol. The van der Waals surface area contributed by atoms with E-state index < -0.39 is 0 Å². The van der Waals surface area contributed by atoms with Crippen LogP contribution in [0.25, 0.3) is 0 Å². The highest BCUT2D eigenvalue weighted by molar-refractivity contribution is 5.97. The van der Waals surface area contributed by atoms with Crippen LogP contribution in [0.2, 0.25) is 0 Å². The van der Waals surface area contributed by atoms with E-state index in [9.17, 15) is 9.59 Å². The van der Waals surface area contributed by atoms with Gasteiger partial charge in [0.2, 0.25) is 5.91 Å². The first-order chi connectivity index (χ1) is 12.6. The molecule has 4 rings (SSSR count). The average Bonchev–Trinajstić information content (AvgIpc) is 3.02. The third-order valence-corrected chi connectivity index (χ3v) is 6.65. The molecule has 26 heavy (non-hydrogen) atoms. The quantitative estimate of drug-likeness (QED) is 0.874. The van der Waals surface area contributed by atoms with Crippen LogP contribution in [0.15, 0.2) is 16.7 Å². The largest absolute Gasteiger partial charge is 0.469 e. The molecule has 6 nitrogen and oxygen atoms in total. The van der Waals surface area contributed by atoms with E-state index in [1.165, 1.54) is 45.2 Å². The number of carbonyl (C=O) groups excluding carboxylic acids is 2. The summed E-state index contributed by atoms with van der Waals surface area (Å²) in [5.41, 5.74) is 0.995. The van der Waals surface area contributed by atoms with Crippen molar-refractivity contribution >= 4 is 11.8 Å². The lowest BCUT2D eigenvalue weighted by Crippen LogP contribution is -2.45. The Hall–Kier alpha value is -1.82. The number of carbonyl (C=O) groups is 2. The Balaban J connectivity index is 1.20. The summed E-state index contributed by atoms with van der Waals surface area (Å²) in [5.74, 6) is 1.19. The topological polar surface area (TPSA) is 65.8 Å². The van der Waals surface area contributed by atoms with Crippen molar-refractivity contribution in [3.8, 4) is 0 Å². The molecule has 1 N–H and O–H groups in total. The van der Waals surface area contributed by atoms with Gasteiger partial charge in [-0.2, -0.15) is 0 Å². The van der Waals surface area contributed by atoms with Gasteiger partial charge in [-0.25, -0.2) is 0 Å². The SMILES string of the molecule is Cc1occc1C(=O)NCC(=O)N1CCC2(CC1)C[C@H]2CN1CCCC1. The molecular formula is C20H29N3O3. The van der Waals surface area contributed by atoms with Gasteiger partial charge < -0.3 is 19.5 Å². The fourth-order valence-electron chi connectivity index (χ4n) is 4.76. The number of piperidine rings is 1. The highest BCUT2D eigenvalue weighted by Gasteiger charge is 2.55. The zero-order valence-electron chi connectivity index (χ0n) is 15.6. The zero-order chi connectivity index (χ0) is 18.1. The molecule has 3 heterocycles. The molecule has 1 aromatic rings. The lowest BCUT2D eigenvalue weighted by atomic mass is 9.90. The van der Waals surface area contributed by atoms with Gasteiger partial charge in [0.1, 0.15) is 5.76 Å². The average molecular weight is 359 g/mol. The fourth-order valence-corrected chi connectivity index (χ4v) is 4.76. The Labute approximate surface area is 154 Å². The van der Waals surface area contributed by atoms with Crippen molar-refractivity contribution in [2.45, 2.75) is 39.0 Å². The van der Waals surface area contributed by atoms with Gasteiger partial charge in [-0.3, -0.25) is 9.59 Å². The van der Waals surface area contributed by atoms with Gasteiger partial charge in [-0.15, -0.1) is 0 Å². The Morgan fingerprint density at radius 3 is 2.62 bits per heavy atom. The predicted molar refractivity (Wildman–Crippen MR) is 97.8 cm³/mol. The molecule has 1 saturated carbocycles.